The Morgan fingerprint density at radius 2 is 2.22 bits per heavy atom. The number of benzene rings is 1. The highest BCUT2D eigenvalue weighted by Crippen LogP contribution is 2.30. The Morgan fingerprint density at radius 1 is 1.44 bits per heavy atom. The van der Waals surface area contributed by atoms with Crippen molar-refractivity contribution in [3.63, 3.8) is 0 Å². The Labute approximate surface area is 113 Å². The molecule has 1 aromatic rings. The zero-order valence-corrected chi connectivity index (χ0v) is 11.7. The van der Waals surface area contributed by atoms with E-state index in [4.69, 9.17) is 21.1 Å². The van der Waals surface area contributed by atoms with Gasteiger partial charge in [0.05, 0.1) is 6.61 Å². The van der Waals surface area contributed by atoms with E-state index in [9.17, 15) is 0 Å². The summed E-state index contributed by atoms with van der Waals surface area (Å²) in [7, 11) is 1.92. The second kappa shape index (κ2) is 6.41. The van der Waals surface area contributed by atoms with Crippen LogP contribution in [-0.4, -0.2) is 20.4 Å². The highest BCUT2D eigenvalue weighted by molar-refractivity contribution is 6.30. The lowest BCUT2D eigenvalue weighted by molar-refractivity contribution is 0.00926. The molecule has 0 aliphatic heterocycles. The van der Waals surface area contributed by atoms with Crippen molar-refractivity contribution in [3.8, 4) is 5.75 Å². The zero-order valence-electron chi connectivity index (χ0n) is 10.9. The van der Waals surface area contributed by atoms with Crippen molar-refractivity contribution in [3.05, 3.63) is 28.8 Å². The number of nitrogens with one attached hydrogen (secondary N) is 1. The fourth-order valence-corrected chi connectivity index (χ4v) is 1.93. The van der Waals surface area contributed by atoms with Crippen LogP contribution in [0.5, 0.6) is 5.75 Å². The summed E-state index contributed by atoms with van der Waals surface area (Å²) in [5.74, 6) is 1.59. The van der Waals surface area contributed by atoms with Crippen LogP contribution in [0.25, 0.3) is 0 Å². The smallest absolute Gasteiger partial charge is 0.189 e. The summed E-state index contributed by atoms with van der Waals surface area (Å²) in [5, 5.41) is 3.91. The molecule has 1 atom stereocenters. The molecular weight excluding hydrogens is 250 g/mol. The van der Waals surface area contributed by atoms with Gasteiger partial charge in [0.15, 0.2) is 6.79 Å². The van der Waals surface area contributed by atoms with Crippen molar-refractivity contribution in [1.29, 1.82) is 0 Å². The molecule has 0 spiro atoms. The van der Waals surface area contributed by atoms with Gasteiger partial charge in [-0.2, -0.15) is 0 Å². The molecule has 0 saturated heterocycles. The molecule has 0 bridgehead atoms. The van der Waals surface area contributed by atoms with Gasteiger partial charge in [-0.25, -0.2) is 0 Å². The summed E-state index contributed by atoms with van der Waals surface area (Å²) in [6.07, 6.45) is 2.59. The summed E-state index contributed by atoms with van der Waals surface area (Å²) in [4.78, 5) is 0. The third-order valence-corrected chi connectivity index (χ3v) is 3.45. The molecule has 18 heavy (non-hydrogen) atoms. The lowest BCUT2D eigenvalue weighted by atomic mass is 10.1. The van der Waals surface area contributed by atoms with Crippen molar-refractivity contribution >= 4 is 11.6 Å². The third-order valence-electron chi connectivity index (χ3n) is 3.22. The van der Waals surface area contributed by atoms with Crippen LogP contribution in [0.2, 0.25) is 5.02 Å². The molecule has 1 N–H and O–H groups in total. The first-order valence-electron chi connectivity index (χ1n) is 6.38. The summed E-state index contributed by atoms with van der Waals surface area (Å²) in [5.41, 5.74) is 1.06. The number of ether oxygens (including phenoxy) is 2. The number of halogens is 1. The van der Waals surface area contributed by atoms with Gasteiger partial charge in [-0.05, 0) is 50.9 Å². The Hall–Kier alpha value is -0.770. The number of hydrogen-bond acceptors (Lipinski definition) is 3. The minimum absolute atomic E-state index is 0.196. The Kier molecular flexibility index (Phi) is 4.87. The molecule has 100 valence electrons. The SMILES string of the molecule is CNC(C)c1cc(Cl)ccc1OCOCC1CC1. The van der Waals surface area contributed by atoms with E-state index in [1.807, 2.05) is 25.2 Å². The lowest BCUT2D eigenvalue weighted by Crippen LogP contribution is -2.14. The molecule has 1 aliphatic rings. The molecule has 0 aromatic heterocycles. The van der Waals surface area contributed by atoms with Crippen LogP contribution < -0.4 is 10.1 Å². The fraction of sp³-hybridized carbons (Fsp3) is 0.571. The predicted octanol–water partition coefficient (Wildman–Crippen LogP) is 3.38. The molecule has 1 aliphatic carbocycles. The van der Waals surface area contributed by atoms with E-state index < -0.39 is 0 Å². The van der Waals surface area contributed by atoms with Gasteiger partial charge in [0, 0.05) is 16.6 Å². The van der Waals surface area contributed by atoms with Crippen LogP contribution in [0.1, 0.15) is 31.4 Å². The summed E-state index contributed by atoms with van der Waals surface area (Å²) in [6.45, 7) is 3.19. The van der Waals surface area contributed by atoms with E-state index >= 15 is 0 Å². The van der Waals surface area contributed by atoms with E-state index in [0.29, 0.717) is 6.79 Å². The molecule has 2 rings (SSSR count). The molecule has 0 heterocycles. The maximum Gasteiger partial charge on any atom is 0.189 e. The van der Waals surface area contributed by atoms with E-state index in [1.165, 1.54) is 12.8 Å². The summed E-state index contributed by atoms with van der Waals surface area (Å²) in [6, 6.07) is 5.86. The van der Waals surface area contributed by atoms with Gasteiger partial charge in [-0.1, -0.05) is 11.6 Å². The quantitative estimate of drug-likeness (QED) is 0.608. The molecule has 1 saturated carbocycles. The lowest BCUT2D eigenvalue weighted by Gasteiger charge is -2.16. The van der Waals surface area contributed by atoms with Gasteiger partial charge in [-0.15, -0.1) is 0 Å². The normalized spacial score (nSPS) is 16.6. The van der Waals surface area contributed by atoms with Gasteiger partial charge in [0.25, 0.3) is 0 Å². The average molecular weight is 270 g/mol. The van der Waals surface area contributed by atoms with Crippen LogP contribution in [0, 0.1) is 5.92 Å². The van der Waals surface area contributed by atoms with Crippen LogP contribution in [0.15, 0.2) is 18.2 Å². The highest BCUT2D eigenvalue weighted by atomic mass is 35.5. The van der Waals surface area contributed by atoms with Crippen LogP contribution >= 0.6 is 11.6 Å². The van der Waals surface area contributed by atoms with Gasteiger partial charge >= 0.3 is 0 Å². The first-order valence-corrected chi connectivity index (χ1v) is 6.75. The van der Waals surface area contributed by atoms with Crippen molar-refractivity contribution in [2.45, 2.75) is 25.8 Å². The van der Waals surface area contributed by atoms with Crippen LogP contribution in [0.3, 0.4) is 0 Å². The second-order valence-electron chi connectivity index (χ2n) is 4.77. The van der Waals surface area contributed by atoms with Gasteiger partial charge in [0.1, 0.15) is 5.75 Å². The van der Waals surface area contributed by atoms with E-state index in [1.54, 1.807) is 0 Å². The first-order chi connectivity index (χ1) is 8.70. The zero-order chi connectivity index (χ0) is 13.0. The van der Waals surface area contributed by atoms with Gasteiger partial charge < -0.3 is 14.8 Å². The molecule has 1 aromatic carbocycles. The first kappa shape index (κ1) is 13.7. The number of rotatable bonds is 7. The van der Waals surface area contributed by atoms with Crippen LogP contribution in [-0.2, 0) is 4.74 Å². The number of hydrogen-bond donors (Lipinski definition) is 1. The third kappa shape index (κ3) is 3.87. The van der Waals surface area contributed by atoms with Crippen LogP contribution in [0.4, 0.5) is 0 Å². The fourth-order valence-electron chi connectivity index (χ4n) is 1.75. The molecule has 1 unspecified atom stereocenters. The van der Waals surface area contributed by atoms with Gasteiger partial charge in [-0.3, -0.25) is 0 Å². The van der Waals surface area contributed by atoms with E-state index in [-0.39, 0.29) is 6.04 Å². The molecule has 0 radical (unpaired) electrons. The topological polar surface area (TPSA) is 30.5 Å². The maximum absolute atomic E-state index is 6.01. The average Bonchev–Trinajstić information content (AvgIpc) is 3.19. The van der Waals surface area contributed by atoms with E-state index in [2.05, 4.69) is 12.2 Å². The monoisotopic (exact) mass is 269 g/mol. The van der Waals surface area contributed by atoms with Crippen molar-refractivity contribution in [2.75, 3.05) is 20.4 Å². The molecule has 0 amide bonds. The minimum atomic E-state index is 0.196. The molecule has 3 nitrogen and oxygen atoms in total. The summed E-state index contributed by atoms with van der Waals surface area (Å²) < 4.78 is 11.2. The molecular formula is C14H20ClNO2. The maximum atomic E-state index is 6.01. The second-order valence-corrected chi connectivity index (χ2v) is 5.21. The minimum Gasteiger partial charge on any atom is -0.467 e. The largest absolute Gasteiger partial charge is 0.467 e. The molecule has 4 heteroatoms. The molecule has 1 fully saturated rings. The van der Waals surface area contributed by atoms with Crippen molar-refractivity contribution < 1.29 is 9.47 Å². The standard InChI is InChI=1S/C14H20ClNO2/c1-10(16-2)13-7-12(15)5-6-14(13)18-9-17-8-11-3-4-11/h5-7,10-11,16H,3-4,8-9H2,1-2H3. The van der Waals surface area contributed by atoms with Gasteiger partial charge in [0.2, 0.25) is 0 Å². The Bertz CT molecular complexity index is 393. The van der Waals surface area contributed by atoms with Crippen molar-refractivity contribution in [2.24, 2.45) is 5.92 Å². The van der Waals surface area contributed by atoms with Crippen molar-refractivity contribution in [1.82, 2.24) is 5.32 Å². The Morgan fingerprint density at radius 3 is 2.89 bits per heavy atom. The Balaban J connectivity index is 1.92. The predicted molar refractivity (Wildman–Crippen MR) is 73.1 cm³/mol. The van der Waals surface area contributed by atoms with E-state index in [0.717, 1.165) is 28.9 Å². The highest BCUT2D eigenvalue weighted by Gasteiger charge is 2.21. The summed E-state index contributed by atoms with van der Waals surface area (Å²) >= 11 is 6.01.